The Morgan fingerprint density at radius 1 is 1.32 bits per heavy atom. The maximum atomic E-state index is 13.4. The minimum atomic E-state index is -4.77. The van der Waals surface area contributed by atoms with Crippen molar-refractivity contribution in [2.75, 3.05) is 26.4 Å². The Kier molecular flexibility index (Phi) is 9.06. The number of piperidine rings is 1. The Morgan fingerprint density at radius 3 is 2.68 bits per heavy atom. The van der Waals surface area contributed by atoms with Gasteiger partial charge in [0.2, 0.25) is 0 Å². The van der Waals surface area contributed by atoms with Crippen LogP contribution in [0.15, 0.2) is 18.2 Å². The van der Waals surface area contributed by atoms with E-state index in [9.17, 15) is 27.2 Å². The maximum absolute atomic E-state index is 13.4. The number of hydrogen-bond donors (Lipinski definition) is 3. The number of alkyl halides is 3. The Morgan fingerprint density at radius 2 is 2.06 bits per heavy atom. The monoisotopic (exact) mass is 484 g/mol. The smallest absolute Gasteiger partial charge is 0.484 e. The zero-order valence-electron chi connectivity index (χ0n) is 16.0. The highest BCUT2D eigenvalue weighted by Crippen LogP contribution is 2.21. The van der Waals surface area contributed by atoms with E-state index in [0.717, 1.165) is 6.07 Å². The molecule has 1 aliphatic heterocycles. The molecule has 14 heteroatoms. The maximum Gasteiger partial charge on any atom is 0.522 e. The van der Waals surface area contributed by atoms with Crippen molar-refractivity contribution in [2.45, 2.75) is 30.4 Å². The fourth-order valence-electron chi connectivity index (χ4n) is 2.62. The molecule has 0 unspecified atom stereocenters. The predicted octanol–water partition coefficient (Wildman–Crippen LogP) is 1.18. The summed E-state index contributed by atoms with van der Waals surface area (Å²) < 4.78 is 57.6. The highest BCUT2D eigenvalue weighted by Gasteiger charge is 2.35. The zero-order valence-corrected chi connectivity index (χ0v) is 17.7. The molecule has 1 fully saturated rings. The van der Waals surface area contributed by atoms with Gasteiger partial charge in [0.15, 0.2) is 6.61 Å². The normalized spacial score (nSPS) is 21.4. The lowest BCUT2D eigenvalue weighted by Crippen LogP contribution is -2.63. The average molecular weight is 485 g/mol. The van der Waals surface area contributed by atoms with E-state index < -0.39 is 48.4 Å². The van der Waals surface area contributed by atoms with Gasteiger partial charge < -0.3 is 15.4 Å². The van der Waals surface area contributed by atoms with Crippen molar-refractivity contribution in [3.8, 4) is 5.75 Å². The average Bonchev–Trinajstić information content (AvgIpc) is 2.68. The van der Waals surface area contributed by atoms with Crippen LogP contribution in [0, 0.1) is 5.82 Å². The van der Waals surface area contributed by atoms with E-state index in [4.69, 9.17) is 16.3 Å². The van der Waals surface area contributed by atoms with Gasteiger partial charge >= 0.3 is 6.36 Å². The summed E-state index contributed by atoms with van der Waals surface area (Å²) >= 11 is 5.58. The standard InChI is InChI=1S/C17H19ClF4N3O5Si/c18-11-2-1-10(7-12(11)19)28-8-14(26)24-16(31)4-3-13(23-9-16)15(27)25-30-6-5-29-17(20,21)22/h1-2,7,13,23H,3-6,8-9H2,(H,24,26)(H,25,27)/t13-,16+/m1/s1. The number of hydroxylamine groups is 1. The molecule has 1 aliphatic rings. The van der Waals surface area contributed by atoms with Crippen LogP contribution in [0.25, 0.3) is 0 Å². The number of halogens is 5. The molecule has 1 saturated heterocycles. The molecule has 2 atom stereocenters. The molecule has 1 heterocycles. The quantitative estimate of drug-likeness (QED) is 0.211. The van der Waals surface area contributed by atoms with Crippen LogP contribution in [0.3, 0.4) is 0 Å². The summed E-state index contributed by atoms with van der Waals surface area (Å²) in [5.41, 5.74) is 2.04. The van der Waals surface area contributed by atoms with Crippen molar-refractivity contribution in [2.24, 2.45) is 0 Å². The largest absolute Gasteiger partial charge is 0.522 e. The van der Waals surface area contributed by atoms with E-state index in [1.54, 1.807) is 0 Å². The molecule has 0 saturated carbocycles. The topological polar surface area (TPSA) is 97.9 Å². The highest BCUT2D eigenvalue weighted by molar-refractivity contribution is 6.30. The summed E-state index contributed by atoms with van der Waals surface area (Å²) in [6.45, 7) is -1.44. The van der Waals surface area contributed by atoms with Crippen LogP contribution < -0.4 is 20.9 Å². The Hall–Kier alpha value is -1.93. The molecule has 31 heavy (non-hydrogen) atoms. The van der Waals surface area contributed by atoms with Crippen LogP contribution in [0.4, 0.5) is 17.6 Å². The number of ether oxygens (including phenoxy) is 2. The van der Waals surface area contributed by atoms with Crippen LogP contribution in [0.1, 0.15) is 12.8 Å². The number of nitrogens with one attached hydrogen (secondary N) is 3. The number of carbonyl (C=O) groups excluding carboxylic acids is 2. The molecule has 2 amide bonds. The molecule has 0 bridgehead atoms. The minimum Gasteiger partial charge on any atom is -0.484 e. The van der Waals surface area contributed by atoms with E-state index in [0.29, 0.717) is 12.8 Å². The first-order chi connectivity index (χ1) is 14.5. The van der Waals surface area contributed by atoms with Crippen molar-refractivity contribution in [1.82, 2.24) is 16.1 Å². The van der Waals surface area contributed by atoms with E-state index >= 15 is 0 Å². The third-order valence-electron chi connectivity index (χ3n) is 4.09. The lowest BCUT2D eigenvalue weighted by molar-refractivity contribution is -0.327. The molecule has 3 radical (unpaired) electrons. The first kappa shape index (κ1) is 25.3. The second-order valence-corrected chi connectivity index (χ2v) is 7.94. The Balaban J connectivity index is 1.68. The summed E-state index contributed by atoms with van der Waals surface area (Å²) in [7, 11) is 3.46. The van der Waals surface area contributed by atoms with Gasteiger partial charge in [-0.05, 0) is 25.0 Å². The minimum absolute atomic E-state index is 0.0668. The second kappa shape index (κ2) is 11.1. The zero-order chi connectivity index (χ0) is 23.1. The first-order valence-corrected chi connectivity index (χ1v) is 9.85. The van der Waals surface area contributed by atoms with Crippen molar-refractivity contribution in [1.29, 1.82) is 0 Å². The van der Waals surface area contributed by atoms with Crippen LogP contribution in [-0.2, 0) is 19.2 Å². The van der Waals surface area contributed by atoms with Gasteiger partial charge in [0, 0.05) is 17.8 Å². The molecule has 2 rings (SSSR count). The van der Waals surface area contributed by atoms with Crippen LogP contribution in [0.5, 0.6) is 5.75 Å². The summed E-state index contributed by atoms with van der Waals surface area (Å²) in [6.07, 6.45) is -4.12. The van der Waals surface area contributed by atoms with Gasteiger partial charge in [-0.3, -0.25) is 19.2 Å². The Bertz CT molecular complexity index is 779. The van der Waals surface area contributed by atoms with Gasteiger partial charge in [0.25, 0.3) is 11.8 Å². The number of amides is 2. The first-order valence-electron chi connectivity index (χ1n) is 8.97. The molecular formula is C17H19ClF4N3O5Si. The summed E-state index contributed by atoms with van der Waals surface area (Å²) in [6, 6.07) is 3.12. The third kappa shape index (κ3) is 8.99. The molecule has 171 valence electrons. The fourth-order valence-corrected chi connectivity index (χ4v) is 3.12. The van der Waals surface area contributed by atoms with Crippen molar-refractivity contribution >= 4 is 33.7 Å². The van der Waals surface area contributed by atoms with Crippen LogP contribution >= 0.6 is 11.6 Å². The van der Waals surface area contributed by atoms with Crippen molar-refractivity contribution in [3.63, 3.8) is 0 Å². The SMILES string of the molecule is O=C(COc1ccc(Cl)c(F)c1)N[C@]1([Si])CC[C@H](C(=O)NOCCOC(F)(F)F)NC1. The van der Waals surface area contributed by atoms with E-state index in [2.05, 4.69) is 30.5 Å². The lowest BCUT2D eigenvalue weighted by Gasteiger charge is -2.38. The second-order valence-electron chi connectivity index (χ2n) is 6.58. The third-order valence-corrected chi connectivity index (χ3v) is 4.95. The summed E-state index contributed by atoms with van der Waals surface area (Å²) in [4.78, 5) is 28.8. The van der Waals surface area contributed by atoms with Gasteiger partial charge in [-0.2, -0.15) is 0 Å². The van der Waals surface area contributed by atoms with Gasteiger partial charge in [-0.1, -0.05) is 11.6 Å². The van der Waals surface area contributed by atoms with Crippen LogP contribution in [-0.4, -0.2) is 66.0 Å². The molecule has 8 nitrogen and oxygen atoms in total. The molecule has 3 N–H and O–H groups in total. The number of rotatable bonds is 9. The Labute approximate surface area is 183 Å². The fraction of sp³-hybridized carbons (Fsp3) is 0.529. The molecule has 0 spiro atoms. The molecule has 0 aromatic heterocycles. The molecule has 1 aromatic rings. The van der Waals surface area contributed by atoms with Crippen LogP contribution in [0.2, 0.25) is 5.02 Å². The highest BCUT2D eigenvalue weighted by atomic mass is 35.5. The van der Waals surface area contributed by atoms with E-state index in [1.165, 1.54) is 12.1 Å². The van der Waals surface area contributed by atoms with Gasteiger partial charge in [0.05, 0.1) is 34.5 Å². The summed E-state index contributed by atoms with van der Waals surface area (Å²) in [5.74, 6) is -1.59. The van der Waals surface area contributed by atoms with Gasteiger partial charge in [0.1, 0.15) is 11.6 Å². The summed E-state index contributed by atoms with van der Waals surface area (Å²) in [5, 5.41) is 4.68. The molecular weight excluding hydrogens is 466 g/mol. The number of benzene rings is 1. The van der Waals surface area contributed by atoms with Crippen molar-refractivity contribution in [3.05, 3.63) is 29.0 Å². The van der Waals surface area contributed by atoms with Gasteiger partial charge in [-0.15, -0.1) is 13.2 Å². The van der Waals surface area contributed by atoms with Crippen molar-refractivity contribution < 1.29 is 41.5 Å². The number of hydrogen-bond acceptors (Lipinski definition) is 6. The molecule has 0 aliphatic carbocycles. The predicted molar refractivity (Wildman–Crippen MR) is 101 cm³/mol. The van der Waals surface area contributed by atoms with E-state index in [-0.39, 0.29) is 23.9 Å². The lowest BCUT2D eigenvalue weighted by atomic mass is 9.99. The number of carbonyl (C=O) groups is 2. The van der Waals surface area contributed by atoms with E-state index in [1.807, 2.05) is 5.48 Å². The van der Waals surface area contributed by atoms with Gasteiger partial charge in [-0.25, -0.2) is 9.87 Å². The molecule has 1 aromatic carbocycles.